The Labute approximate surface area is 83.4 Å². The number of amides is 2. The van der Waals surface area contributed by atoms with Crippen molar-refractivity contribution in [1.29, 1.82) is 0 Å². The van der Waals surface area contributed by atoms with Crippen LogP contribution in [-0.2, 0) is 9.59 Å². The summed E-state index contributed by atoms with van der Waals surface area (Å²) in [6, 6.07) is 0.146. The Hall–Kier alpha value is -1.06. The molecule has 2 fully saturated rings. The summed E-state index contributed by atoms with van der Waals surface area (Å²) in [6.45, 7) is 2.68. The van der Waals surface area contributed by atoms with Crippen LogP contribution in [0.15, 0.2) is 0 Å². The van der Waals surface area contributed by atoms with Gasteiger partial charge in [0, 0.05) is 24.9 Å². The minimum atomic E-state index is 0.0929. The van der Waals surface area contributed by atoms with Crippen molar-refractivity contribution in [3.8, 4) is 0 Å². The van der Waals surface area contributed by atoms with E-state index < -0.39 is 0 Å². The lowest BCUT2D eigenvalue weighted by molar-refractivity contribution is -0.126. The van der Waals surface area contributed by atoms with Crippen molar-refractivity contribution < 1.29 is 9.59 Å². The molecule has 4 heteroatoms. The van der Waals surface area contributed by atoms with E-state index in [1.54, 1.807) is 0 Å². The predicted molar refractivity (Wildman–Crippen MR) is 51.4 cm³/mol. The normalized spacial score (nSPS) is 36.1. The number of hydrogen-bond acceptors (Lipinski definition) is 2. The molecular formula is C10H16N2O2. The van der Waals surface area contributed by atoms with Crippen LogP contribution in [0.25, 0.3) is 0 Å². The maximum Gasteiger partial charge on any atom is 0.223 e. The summed E-state index contributed by atoms with van der Waals surface area (Å²) < 4.78 is 0. The third kappa shape index (κ3) is 2.05. The van der Waals surface area contributed by atoms with Crippen LogP contribution in [0.2, 0.25) is 0 Å². The van der Waals surface area contributed by atoms with Gasteiger partial charge in [0.1, 0.15) is 0 Å². The van der Waals surface area contributed by atoms with Crippen LogP contribution >= 0.6 is 0 Å². The highest BCUT2D eigenvalue weighted by Gasteiger charge is 2.39. The minimum Gasteiger partial charge on any atom is -0.354 e. The van der Waals surface area contributed by atoms with E-state index in [0.29, 0.717) is 18.9 Å². The molecular weight excluding hydrogens is 180 g/mol. The second kappa shape index (κ2) is 3.59. The molecule has 0 bridgehead atoms. The summed E-state index contributed by atoms with van der Waals surface area (Å²) in [4.78, 5) is 22.4. The fourth-order valence-electron chi connectivity index (χ4n) is 1.85. The van der Waals surface area contributed by atoms with Crippen LogP contribution in [0.4, 0.5) is 0 Å². The molecule has 2 aliphatic rings. The van der Waals surface area contributed by atoms with Gasteiger partial charge in [-0.15, -0.1) is 0 Å². The van der Waals surface area contributed by atoms with Gasteiger partial charge in [0.2, 0.25) is 11.8 Å². The Kier molecular flexibility index (Phi) is 2.44. The average molecular weight is 196 g/mol. The van der Waals surface area contributed by atoms with E-state index in [0.717, 1.165) is 12.8 Å². The maximum atomic E-state index is 11.5. The van der Waals surface area contributed by atoms with E-state index in [2.05, 4.69) is 17.6 Å². The van der Waals surface area contributed by atoms with Crippen molar-refractivity contribution in [2.24, 2.45) is 11.8 Å². The highest BCUT2D eigenvalue weighted by Crippen LogP contribution is 2.37. The molecule has 1 aliphatic carbocycles. The van der Waals surface area contributed by atoms with E-state index in [9.17, 15) is 9.59 Å². The van der Waals surface area contributed by atoms with Crippen LogP contribution < -0.4 is 10.6 Å². The van der Waals surface area contributed by atoms with Crippen molar-refractivity contribution >= 4 is 11.8 Å². The summed E-state index contributed by atoms with van der Waals surface area (Å²) in [6.07, 6.45) is 2.33. The zero-order valence-electron chi connectivity index (χ0n) is 8.38. The highest BCUT2D eigenvalue weighted by molar-refractivity contribution is 5.82. The number of piperidine rings is 1. The molecule has 14 heavy (non-hydrogen) atoms. The first-order valence-corrected chi connectivity index (χ1v) is 5.24. The van der Waals surface area contributed by atoms with Crippen LogP contribution in [0.3, 0.4) is 0 Å². The lowest BCUT2D eigenvalue weighted by atomic mass is 10.1. The fourth-order valence-corrected chi connectivity index (χ4v) is 1.85. The molecule has 2 N–H and O–H groups in total. The lowest BCUT2D eigenvalue weighted by Crippen LogP contribution is -2.48. The topological polar surface area (TPSA) is 58.2 Å². The van der Waals surface area contributed by atoms with E-state index in [1.807, 2.05) is 0 Å². The molecule has 0 radical (unpaired) electrons. The fraction of sp³-hybridized carbons (Fsp3) is 0.800. The van der Waals surface area contributed by atoms with Gasteiger partial charge in [-0.05, 0) is 18.8 Å². The van der Waals surface area contributed by atoms with Crippen molar-refractivity contribution in [2.75, 3.05) is 6.54 Å². The Bertz CT molecular complexity index is 255. The molecule has 0 spiro atoms. The van der Waals surface area contributed by atoms with Gasteiger partial charge in [-0.25, -0.2) is 0 Å². The van der Waals surface area contributed by atoms with Gasteiger partial charge in [0.05, 0.1) is 0 Å². The van der Waals surface area contributed by atoms with Crippen molar-refractivity contribution in [2.45, 2.75) is 32.2 Å². The Morgan fingerprint density at radius 3 is 2.79 bits per heavy atom. The number of carbonyl (C=O) groups is 2. The molecule has 0 aromatic heterocycles. The molecule has 4 nitrogen and oxygen atoms in total. The van der Waals surface area contributed by atoms with Crippen LogP contribution in [0.1, 0.15) is 26.2 Å². The average Bonchev–Trinajstić information content (AvgIpc) is 2.87. The third-order valence-electron chi connectivity index (χ3n) is 3.06. The predicted octanol–water partition coefficient (Wildman–Crippen LogP) is 0.0372. The molecule has 1 saturated carbocycles. The number of nitrogens with one attached hydrogen (secondary N) is 2. The Morgan fingerprint density at radius 2 is 2.29 bits per heavy atom. The van der Waals surface area contributed by atoms with Gasteiger partial charge in [0.25, 0.3) is 0 Å². The molecule has 2 amide bonds. The number of carbonyl (C=O) groups excluding carboxylic acids is 2. The summed E-state index contributed by atoms with van der Waals surface area (Å²) in [5.41, 5.74) is 0. The standard InChI is InChI=1S/C10H16N2O2/c1-6-4-8(6)10(14)12-7-2-3-9(13)11-5-7/h6-8H,2-5H2,1H3,(H,11,13)(H,12,14). The van der Waals surface area contributed by atoms with Gasteiger partial charge < -0.3 is 10.6 Å². The smallest absolute Gasteiger partial charge is 0.223 e. The first-order valence-electron chi connectivity index (χ1n) is 5.24. The minimum absolute atomic E-state index is 0.0929. The first-order chi connectivity index (χ1) is 6.66. The van der Waals surface area contributed by atoms with Gasteiger partial charge in [-0.3, -0.25) is 9.59 Å². The van der Waals surface area contributed by atoms with Gasteiger partial charge in [-0.1, -0.05) is 6.92 Å². The summed E-state index contributed by atoms with van der Waals surface area (Å²) in [7, 11) is 0. The highest BCUT2D eigenvalue weighted by atomic mass is 16.2. The van der Waals surface area contributed by atoms with Gasteiger partial charge in [-0.2, -0.15) is 0 Å². The molecule has 2 rings (SSSR count). The summed E-state index contributed by atoms with van der Waals surface area (Å²) >= 11 is 0. The van der Waals surface area contributed by atoms with Crippen LogP contribution in [0, 0.1) is 11.8 Å². The number of hydrogen-bond donors (Lipinski definition) is 2. The molecule has 1 aliphatic heterocycles. The lowest BCUT2D eigenvalue weighted by Gasteiger charge is -2.23. The van der Waals surface area contributed by atoms with Crippen molar-refractivity contribution in [3.63, 3.8) is 0 Å². The maximum absolute atomic E-state index is 11.5. The first kappa shape index (κ1) is 9.49. The van der Waals surface area contributed by atoms with E-state index in [4.69, 9.17) is 0 Å². The quantitative estimate of drug-likeness (QED) is 0.655. The molecule has 0 aromatic carbocycles. The van der Waals surface area contributed by atoms with Crippen molar-refractivity contribution in [3.05, 3.63) is 0 Å². The SMILES string of the molecule is CC1CC1C(=O)NC1CCC(=O)NC1. The number of rotatable bonds is 2. The Morgan fingerprint density at radius 1 is 1.57 bits per heavy atom. The summed E-state index contributed by atoms with van der Waals surface area (Å²) in [5, 5.41) is 5.73. The van der Waals surface area contributed by atoms with Gasteiger partial charge in [0.15, 0.2) is 0 Å². The Balaban J connectivity index is 1.75. The second-order valence-electron chi connectivity index (χ2n) is 4.37. The van der Waals surface area contributed by atoms with Gasteiger partial charge >= 0.3 is 0 Å². The molecule has 1 heterocycles. The van der Waals surface area contributed by atoms with E-state index >= 15 is 0 Å². The van der Waals surface area contributed by atoms with Crippen LogP contribution in [0.5, 0.6) is 0 Å². The van der Waals surface area contributed by atoms with E-state index in [1.165, 1.54) is 0 Å². The van der Waals surface area contributed by atoms with E-state index in [-0.39, 0.29) is 23.8 Å². The molecule has 78 valence electrons. The molecule has 3 atom stereocenters. The van der Waals surface area contributed by atoms with Crippen LogP contribution in [-0.4, -0.2) is 24.4 Å². The second-order valence-corrected chi connectivity index (χ2v) is 4.37. The third-order valence-corrected chi connectivity index (χ3v) is 3.06. The molecule has 1 saturated heterocycles. The zero-order chi connectivity index (χ0) is 10.1. The largest absolute Gasteiger partial charge is 0.354 e. The van der Waals surface area contributed by atoms with Crippen molar-refractivity contribution in [1.82, 2.24) is 10.6 Å². The molecule has 0 aromatic rings. The zero-order valence-corrected chi connectivity index (χ0v) is 8.38. The summed E-state index contributed by atoms with van der Waals surface area (Å²) in [5.74, 6) is 1.04. The molecule has 3 unspecified atom stereocenters. The monoisotopic (exact) mass is 196 g/mol.